The van der Waals surface area contributed by atoms with Crippen LogP contribution in [0.25, 0.3) is 0 Å². The van der Waals surface area contributed by atoms with Gasteiger partial charge in [-0.15, -0.1) is 0 Å². The van der Waals surface area contributed by atoms with E-state index in [2.05, 4.69) is 17.2 Å². The van der Waals surface area contributed by atoms with Crippen molar-refractivity contribution >= 4 is 23.6 Å². The van der Waals surface area contributed by atoms with E-state index in [4.69, 9.17) is 4.74 Å². The van der Waals surface area contributed by atoms with E-state index in [0.717, 1.165) is 0 Å². The van der Waals surface area contributed by atoms with Gasteiger partial charge in [0, 0.05) is 5.69 Å². The zero-order valence-electron chi connectivity index (χ0n) is 9.36. The molecule has 1 aromatic rings. The Bertz CT molecular complexity index is 551. The number of fused-ring (bicyclic) bond motifs is 1. The lowest BCUT2D eigenvalue weighted by Gasteiger charge is -2.05. The van der Waals surface area contributed by atoms with Crippen LogP contribution < -0.4 is 10.6 Å². The summed E-state index contributed by atoms with van der Waals surface area (Å²) in [5.74, 6) is -0.908. The summed E-state index contributed by atoms with van der Waals surface area (Å²) in [4.78, 5) is 34.0. The molecule has 0 spiro atoms. The van der Waals surface area contributed by atoms with Crippen molar-refractivity contribution < 1.29 is 19.1 Å². The molecule has 0 fully saturated rings. The number of rotatable bonds is 3. The fraction of sp³-hybridized carbons (Fsp3) is 0.0833. The van der Waals surface area contributed by atoms with E-state index >= 15 is 0 Å². The number of anilines is 1. The van der Waals surface area contributed by atoms with Crippen molar-refractivity contribution in [3.05, 3.63) is 42.0 Å². The molecule has 0 radical (unpaired) electrons. The summed E-state index contributed by atoms with van der Waals surface area (Å²) in [6.45, 7) is 3.50. The van der Waals surface area contributed by atoms with Crippen LogP contribution in [0.3, 0.4) is 0 Å². The first-order valence-electron chi connectivity index (χ1n) is 5.16. The first kappa shape index (κ1) is 11.8. The van der Waals surface area contributed by atoms with Gasteiger partial charge in [0.05, 0.1) is 11.1 Å². The number of benzene rings is 1. The van der Waals surface area contributed by atoms with Crippen LogP contribution in [0.4, 0.5) is 10.5 Å². The van der Waals surface area contributed by atoms with E-state index in [1.54, 1.807) is 0 Å². The van der Waals surface area contributed by atoms with E-state index in [9.17, 15) is 14.4 Å². The zero-order valence-corrected chi connectivity index (χ0v) is 9.36. The third kappa shape index (κ3) is 2.22. The number of hydrogen-bond acceptors (Lipinski definition) is 4. The topological polar surface area (TPSA) is 84.5 Å². The maximum Gasteiger partial charge on any atom is 0.411 e. The standard InChI is InChI=1S/C12H10N2O4/c1-2-5-18-12(17)13-7-3-4-8-9(6-7)11(16)14-10(8)15/h2-4,6H,1,5H2,(H,13,17)(H,14,15,16). The SMILES string of the molecule is C=CCOC(=O)Nc1ccc2c(c1)C(=O)NC2=O. The van der Waals surface area contributed by atoms with E-state index < -0.39 is 17.9 Å². The molecule has 2 N–H and O–H groups in total. The van der Waals surface area contributed by atoms with Gasteiger partial charge in [-0.05, 0) is 18.2 Å². The van der Waals surface area contributed by atoms with Crippen molar-refractivity contribution in [3.8, 4) is 0 Å². The first-order valence-corrected chi connectivity index (χ1v) is 5.16. The molecule has 0 aliphatic carbocycles. The predicted octanol–water partition coefficient (Wildman–Crippen LogP) is 1.30. The normalized spacial score (nSPS) is 12.7. The Hall–Kier alpha value is -2.63. The summed E-state index contributed by atoms with van der Waals surface area (Å²) in [5, 5.41) is 4.60. The van der Waals surface area contributed by atoms with Crippen LogP contribution in [0.15, 0.2) is 30.9 Å². The Morgan fingerprint density at radius 3 is 2.78 bits per heavy atom. The minimum absolute atomic E-state index is 0.0930. The second-order valence-electron chi connectivity index (χ2n) is 3.56. The Balaban J connectivity index is 2.15. The van der Waals surface area contributed by atoms with Crippen molar-refractivity contribution in [1.82, 2.24) is 5.32 Å². The quantitative estimate of drug-likeness (QED) is 0.622. The van der Waals surface area contributed by atoms with Crippen molar-refractivity contribution in [2.24, 2.45) is 0 Å². The molecule has 0 atom stereocenters. The van der Waals surface area contributed by atoms with Crippen molar-refractivity contribution in [2.45, 2.75) is 0 Å². The van der Waals surface area contributed by atoms with Gasteiger partial charge in [-0.2, -0.15) is 0 Å². The summed E-state index contributed by atoms with van der Waals surface area (Å²) in [5.41, 5.74) is 0.916. The molecule has 0 unspecified atom stereocenters. The van der Waals surface area contributed by atoms with E-state index in [1.165, 1.54) is 24.3 Å². The van der Waals surface area contributed by atoms with Gasteiger partial charge in [0.25, 0.3) is 11.8 Å². The molecule has 6 nitrogen and oxygen atoms in total. The molecule has 0 saturated heterocycles. The van der Waals surface area contributed by atoms with Gasteiger partial charge in [-0.25, -0.2) is 4.79 Å². The van der Waals surface area contributed by atoms with Crippen LogP contribution in [-0.2, 0) is 4.74 Å². The number of carbonyl (C=O) groups is 3. The smallest absolute Gasteiger partial charge is 0.411 e. The molecule has 1 aliphatic heterocycles. The fourth-order valence-electron chi connectivity index (χ4n) is 1.53. The lowest BCUT2D eigenvalue weighted by Crippen LogP contribution is -2.19. The second-order valence-corrected chi connectivity index (χ2v) is 3.56. The second kappa shape index (κ2) is 4.70. The average Bonchev–Trinajstić information content (AvgIpc) is 2.62. The molecular formula is C12H10N2O4. The van der Waals surface area contributed by atoms with Gasteiger partial charge in [0.2, 0.25) is 0 Å². The van der Waals surface area contributed by atoms with Crippen molar-refractivity contribution in [1.29, 1.82) is 0 Å². The van der Waals surface area contributed by atoms with Gasteiger partial charge in [0.1, 0.15) is 6.61 Å². The third-order valence-corrected chi connectivity index (χ3v) is 2.31. The maximum atomic E-state index is 11.4. The van der Waals surface area contributed by atoms with Gasteiger partial charge in [-0.1, -0.05) is 12.7 Å². The highest BCUT2D eigenvalue weighted by atomic mass is 16.5. The molecule has 0 bridgehead atoms. The number of nitrogens with one attached hydrogen (secondary N) is 2. The Morgan fingerprint density at radius 2 is 2.06 bits per heavy atom. The Morgan fingerprint density at radius 1 is 1.33 bits per heavy atom. The molecule has 92 valence electrons. The van der Waals surface area contributed by atoms with E-state index in [1.807, 2.05) is 0 Å². The number of ether oxygens (including phenoxy) is 1. The van der Waals surface area contributed by atoms with Crippen LogP contribution in [-0.4, -0.2) is 24.5 Å². The zero-order chi connectivity index (χ0) is 13.1. The molecule has 1 aliphatic rings. The van der Waals surface area contributed by atoms with Gasteiger partial charge in [-0.3, -0.25) is 20.2 Å². The van der Waals surface area contributed by atoms with Crippen LogP contribution in [0.1, 0.15) is 20.7 Å². The molecule has 2 rings (SSSR count). The summed E-state index contributed by atoms with van der Waals surface area (Å²) < 4.78 is 4.73. The van der Waals surface area contributed by atoms with Crippen LogP contribution in [0.2, 0.25) is 0 Å². The number of imide groups is 1. The summed E-state index contributed by atoms with van der Waals surface area (Å²) >= 11 is 0. The summed E-state index contributed by atoms with van der Waals surface area (Å²) in [6, 6.07) is 4.41. The highest BCUT2D eigenvalue weighted by molar-refractivity contribution is 6.21. The number of carbonyl (C=O) groups excluding carboxylic acids is 3. The first-order chi connectivity index (χ1) is 8.61. The molecule has 1 heterocycles. The molecular weight excluding hydrogens is 236 g/mol. The summed E-state index contributed by atoms with van der Waals surface area (Å²) in [7, 11) is 0. The summed E-state index contributed by atoms with van der Waals surface area (Å²) in [6.07, 6.45) is 0.786. The van der Waals surface area contributed by atoms with Gasteiger partial charge in [0.15, 0.2) is 0 Å². The minimum Gasteiger partial charge on any atom is -0.445 e. The van der Waals surface area contributed by atoms with E-state index in [-0.39, 0.29) is 12.2 Å². The largest absolute Gasteiger partial charge is 0.445 e. The highest BCUT2D eigenvalue weighted by Crippen LogP contribution is 2.20. The van der Waals surface area contributed by atoms with Crippen LogP contribution in [0.5, 0.6) is 0 Å². The number of amides is 3. The molecule has 0 aromatic heterocycles. The van der Waals surface area contributed by atoms with Crippen molar-refractivity contribution in [2.75, 3.05) is 11.9 Å². The van der Waals surface area contributed by atoms with E-state index in [0.29, 0.717) is 11.3 Å². The van der Waals surface area contributed by atoms with Crippen LogP contribution >= 0.6 is 0 Å². The number of hydrogen-bond donors (Lipinski definition) is 2. The Labute approximate surface area is 103 Å². The highest BCUT2D eigenvalue weighted by Gasteiger charge is 2.26. The fourth-order valence-corrected chi connectivity index (χ4v) is 1.53. The maximum absolute atomic E-state index is 11.4. The lowest BCUT2D eigenvalue weighted by molar-refractivity contribution is 0.0879. The minimum atomic E-state index is -0.653. The van der Waals surface area contributed by atoms with Crippen molar-refractivity contribution in [3.63, 3.8) is 0 Å². The molecule has 6 heteroatoms. The third-order valence-electron chi connectivity index (χ3n) is 2.31. The molecule has 3 amide bonds. The monoisotopic (exact) mass is 246 g/mol. The Kier molecular flexibility index (Phi) is 3.09. The van der Waals surface area contributed by atoms with Gasteiger partial charge >= 0.3 is 6.09 Å². The predicted molar refractivity (Wildman–Crippen MR) is 63.4 cm³/mol. The molecule has 0 saturated carbocycles. The molecule has 18 heavy (non-hydrogen) atoms. The lowest BCUT2D eigenvalue weighted by atomic mass is 10.1. The average molecular weight is 246 g/mol. The molecule has 1 aromatic carbocycles. The van der Waals surface area contributed by atoms with Crippen LogP contribution in [0, 0.1) is 0 Å². The van der Waals surface area contributed by atoms with Gasteiger partial charge < -0.3 is 4.74 Å².